The van der Waals surface area contributed by atoms with Crippen molar-refractivity contribution in [3.63, 3.8) is 0 Å². The lowest BCUT2D eigenvalue weighted by Gasteiger charge is -2.23. The highest BCUT2D eigenvalue weighted by Gasteiger charge is 2.34. The van der Waals surface area contributed by atoms with E-state index in [2.05, 4.69) is 43.1 Å². The number of likely N-dealkylation sites (tertiary alicyclic amines) is 1. The van der Waals surface area contributed by atoms with Gasteiger partial charge in [0, 0.05) is 19.0 Å². The summed E-state index contributed by atoms with van der Waals surface area (Å²) in [6.07, 6.45) is 1.93. The molecule has 0 saturated carbocycles. The van der Waals surface area contributed by atoms with Gasteiger partial charge in [-0.15, -0.1) is 0 Å². The maximum Gasteiger partial charge on any atom is 0.271 e. The fourth-order valence-electron chi connectivity index (χ4n) is 4.57. The van der Waals surface area contributed by atoms with E-state index < -0.39 is 0 Å². The van der Waals surface area contributed by atoms with Crippen molar-refractivity contribution in [3.05, 3.63) is 65.1 Å². The molecule has 4 aromatic rings. The predicted octanol–water partition coefficient (Wildman–Crippen LogP) is 4.65. The number of rotatable bonds is 2. The largest absolute Gasteiger partial charge is 0.340 e. The third kappa shape index (κ3) is 2.53. The Morgan fingerprint density at radius 2 is 2.04 bits per heavy atom. The van der Waals surface area contributed by atoms with Crippen molar-refractivity contribution in [1.82, 2.24) is 19.4 Å². The fourth-order valence-corrected chi connectivity index (χ4v) is 4.57. The molecule has 5 heteroatoms. The summed E-state index contributed by atoms with van der Waals surface area (Å²) in [7, 11) is 1.98. The fraction of sp³-hybridized carbons (Fsp3) is 0.304. The van der Waals surface area contributed by atoms with Crippen LogP contribution < -0.4 is 0 Å². The number of carbonyl (C=O) groups is 1. The number of aromatic nitrogens is 3. The number of para-hydroxylation sites is 1. The van der Waals surface area contributed by atoms with Gasteiger partial charge in [0.15, 0.2) is 0 Å². The zero-order valence-electron chi connectivity index (χ0n) is 16.5. The van der Waals surface area contributed by atoms with Crippen molar-refractivity contribution < 1.29 is 4.79 Å². The second kappa shape index (κ2) is 6.23. The van der Waals surface area contributed by atoms with Crippen LogP contribution in [0.3, 0.4) is 0 Å². The molecule has 1 amide bonds. The van der Waals surface area contributed by atoms with E-state index in [9.17, 15) is 4.79 Å². The summed E-state index contributed by atoms with van der Waals surface area (Å²) in [4.78, 5) is 23.7. The molecule has 0 aliphatic carbocycles. The van der Waals surface area contributed by atoms with Crippen molar-refractivity contribution in [2.24, 2.45) is 7.05 Å². The first-order chi connectivity index (χ1) is 13.5. The van der Waals surface area contributed by atoms with Gasteiger partial charge in [-0.2, -0.15) is 0 Å². The molecule has 1 atom stereocenters. The third-order valence-electron chi connectivity index (χ3n) is 5.96. The maximum absolute atomic E-state index is 13.5. The van der Waals surface area contributed by atoms with Gasteiger partial charge in [0.1, 0.15) is 11.5 Å². The number of nitrogens with zero attached hydrogens (tertiary/aromatic N) is 3. The number of imidazole rings is 1. The SMILES string of the molecule is Cc1ccc2nc(C3CCCN3C(=O)c3cc4cccc(C)c4n3C)[nH]c2c1. The van der Waals surface area contributed by atoms with E-state index in [0.29, 0.717) is 0 Å². The number of carbonyl (C=O) groups excluding carboxylic acids is 1. The van der Waals surface area contributed by atoms with E-state index in [4.69, 9.17) is 4.98 Å². The second-order valence-electron chi connectivity index (χ2n) is 7.90. The predicted molar refractivity (Wildman–Crippen MR) is 111 cm³/mol. The average Bonchev–Trinajstić information content (AvgIpc) is 3.37. The first-order valence-electron chi connectivity index (χ1n) is 9.85. The summed E-state index contributed by atoms with van der Waals surface area (Å²) >= 11 is 0. The molecular formula is C23H24N4O. The summed E-state index contributed by atoms with van der Waals surface area (Å²) in [5, 5.41) is 1.11. The molecule has 142 valence electrons. The first-order valence-corrected chi connectivity index (χ1v) is 9.85. The second-order valence-corrected chi connectivity index (χ2v) is 7.90. The summed E-state index contributed by atoms with van der Waals surface area (Å²) in [6, 6.07) is 14.4. The summed E-state index contributed by atoms with van der Waals surface area (Å²) in [6.45, 7) is 4.93. The van der Waals surface area contributed by atoms with Gasteiger partial charge in [0.25, 0.3) is 5.91 Å². The summed E-state index contributed by atoms with van der Waals surface area (Å²) in [5.41, 5.74) is 6.25. The lowest BCUT2D eigenvalue weighted by atomic mass is 10.1. The molecule has 2 aromatic carbocycles. The molecule has 5 rings (SSSR count). The number of hydrogen-bond donors (Lipinski definition) is 1. The monoisotopic (exact) mass is 372 g/mol. The minimum Gasteiger partial charge on any atom is -0.340 e. The van der Waals surface area contributed by atoms with E-state index in [1.807, 2.05) is 34.7 Å². The molecule has 3 heterocycles. The van der Waals surface area contributed by atoms with Crippen LogP contribution in [-0.2, 0) is 7.05 Å². The Balaban J connectivity index is 1.53. The van der Waals surface area contributed by atoms with Crippen LogP contribution in [0.1, 0.15) is 46.3 Å². The standard InChI is InChI=1S/C23H24N4O/c1-14-9-10-17-18(12-14)25-22(24-17)19-8-5-11-27(19)23(28)20-13-16-7-4-6-15(2)21(16)26(20)3/h4,6-7,9-10,12-13,19H,5,8,11H2,1-3H3,(H,24,25). The van der Waals surface area contributed by atoms with Crippen molar-refractivity contribution in [3.8, 4) is 0 Å². The highest BCUT2D eigenvalue weighted by Crippen LogP contribution is 2.34. The highest BCUT2D eigenvalue weighted by molar-refractivity contribution is 5.99. The maximum atomic E-state index is 13.5. The number of aromatic amines is 1. The van der Waals surface area contributed by atoms with Gasteiger partial charge in [-0.1, -0.05) is 24.3 Å². The van der Waals surface area contributed by atoms with E-state index in [1.165, 1.54) is 11.1 Å². The van der Waals surface area contributed by atoms with Crippen LogP contribution in [0.5, 0.6) is 0 Å². The lowest BCUT2D eigenvalue weighted by Crippen LogP contribution is -2.32. The average molecular weight is 372 g/mol. The zero-order valence-corrected chi connectivity index (χ0v) is 16.5. The molecule has 1 aliphatic heterocycles. The Morgan fingerprint density at radius 1 is 1.18 bits per heavy atom. The molecule has 1 aliphatic rings. The molecule has 1 unspecified atom stereocenters. The third-order valence-corrected chi connectivity index (χ3v) is 5.96. The van der Waals surface area contributed by atoms with Gasteiger partial charge in [0.05, 0.1) is 22.6 Å². The number of aryl methyl sites for hydroxylation is 3. The Bertz CT molecular complexity index is 1220. The Hall–Kier alpha value is -3.08. The number of hydrogen-bond acceptors (Lipinski definition) is 2. The normalized spacial score (nSPS) is 17.1. The Kier molecular flexibility index (Phi) is 3.79. The molecular weight excluding hydrogens is 348 g/mol. The van der Waals surface area contributed by atoms with Crippen LogP contribution in [0.4, 0.5) is 0 Å². The van der Waals surface area contributed by atoms with Crippen molar-refractivity contribution in [2.75, 3.05) is 6.54 Å². The quantitative estimate of drug-likeness (QED) is 0.557. The van der Waals surface area contributed by atoms with E-state index >= 15 is 0 Å². The van der Waals surface area contributed by atoms with Crippen LogP contribution in [0, 0.1) is 13.8 Å². The summed E-state index contributed by atoms with van der Waals surface area (Å²) in [5.74, 6) is 0.971. The molecule has 28 heavy (non-hydrogen) atoms. The number of fused-ring (bicyclic) bond motifs is 2. The number of H-pyrrole nitrogens is 1. The molecule has 0 bridgehead atoms. The minimum absolute atomic E-state index is 0.000634. The number of amides is 1. The van der Waals surface area contributed by atoms with Gasteiger partial charge in [-0.05, 0) is 56.0 Å². The van der Waals surface area contributed by atoms with Crippen LogP contribution in [0.15, 0.2) is 42.5 Å². The molecule has 5 nitrogen and oxygen atoms in total. The number of nitrogens with one attached hydrogen (secondary N) is 1. The number of benzene rings is 2. The Labute approximate surface area is 164 Å². The van der Waals surface area contributed by atoms with Crippen LogP contribution in [-0.4, -0.2) is 31.9 Å². The molecule has 0 spiro atoms. The highest BCUT2D eigenvalue weighted by atomic mass is 16.2. The van der Waals surface area contributed by atoms with Crippen molar-refractivity contribution in [2.45, 2.75) is 32.7 Å². The topological polar surface area (TPSA) is 53.9 Å². The van der Waals surface area contributed by atoms with Crippen molar-refractivity contribution >= 4 is 27.8 Å². The van der Waals surface area contributed by atoms with Crippen LogP contribution >= 0.6 is 0 Å². The molecule has 0 radical (unpaired) electrons. The van der Waals surface area contributed by atoms with Crippen LogP contribution in [0.2, 0.25) is 0 Å². The van der Waals surface area contributed by atoms with E-state index in [-0.39, 0.29) is 11.9 Å². The summed E-state index contributed by atoms with van der Waals surface area (Å²) < 4.78 is 2.03. The van der Waals surface area contributed by atoms with Crippen molar-refractivity contribution in [1.29, 1.82) is 0 Å². The lowest BCUT2D eigenvalue weighted by molar-refractivity contribution is 0.0721. The zero-order chi connectivity index (χ0) is 19.4. The minimum atomic E-state index is -0.000634. The van der Waals surface area contributed by atoms with Gasteiger partial charge < -0.3 is 14.5 Å². The first kappa shape index (κ1) is 17.0. The molecule has 2 aromatic heterocycles. The van der Waals surface area contributed by atoms with Gasteiger partial charge in [-0.3, -0.25) is 4.79 Å². The van der Waals surface area contributed by atoms with Gasteiger partial charge in [0.2, 0.25) is 0 Å². The van der Waals surface area contributed by atoms with Gasteiger partial charge >= 0.3 is 0 Å². The van der Waals surface area contributed by atoms with Gasteiger partial charge in [-0.25, -0.2) is 4.98 Å². The molecule has 1 saturated heterocycles. The van der Waals surface area contributed by atoms with E-state index in [1.54, 1.807) is 0 Å². The van der Waals surface area contributed by atoms with E-state index in [0.717, 1.165) is 52.8 Å². The Morgan fingerprint density at radius 3 is 2.86 bits per heavy atom. The van der Waals surface area contributed by atoms with Crippen LogP contribution in [0.25, 0.3) is 21.9 Å². The smallest absolute Gasteiger partial charge is 0.271 e. The molecule has 1 fully saturated rings. The molecule has 1 N–H and O–H groups in total.